The van der Waals surface area contributed by atoms with Gasteiger partial charge in [-0.3, -0.25) is 10.1 Å². The van der Waals surface area contributed by atoms with Crippen molar-refractivity contribution in [2.45, 2.75) is 35.8 Å². The Morgan fingerprint density at radius 1 is 1.41 bits per heavy atom. The van der Waals surface area contributed by atoms with E-state index < -0.39 is 0 Å². The van der Waals surface area contributed by atoms with Gasteiger partial charge in [-0.05, 0) is 25.0 Å². The van der Waals surface area contributed by atoms with Gasteiger partial charge in [-0.25, -0.2) is 0 Å². The Balaban J connectivity index is 2.28. The van der Waals surface area contributed by atoms with Crippen LogP contribution in [0.2, 0.25) is 0 Å². The molecule has 0 atom stereocenters. The van der Waals surface area contributed by atoms with Gasteiger partial charge in [-0.1, -0.05) is 18.9 Å². The van der Waals surface area contributed by atoms with Gasteiger partial charge in [0.15, 0.2) is 0 Å². The van der Waals surface area contributed by atoms with E-state index in [1.165, 1.54) is 25.7 Å². The molecule has 1 aliphatic carbocycles. The van der Waals surface area contributed by atoms with E-state index in [1.54, 1.807) is 24.9 Å². The predicted octanol–water partition coefficient (Wildman–Crippen LogP) is 3.67. The maximum Gasteiger partial charge on any atom is 0.305 e. The Labute approximate surface area is 105 Å². The molecule has 4 nitrogen and oxygen atoms in total. The molecular formula is C12H16N2O2S. The van der Waals surface area contributed by atoms with Gasteiger partial charge < -0.3 is 5.32 Å². The van der Waals surface area contributed by atoms with Crippen LogP contribution < -0.4 is 5.32 Å². The summed E-state index contributed by atoms with van der Waals surface area (Å²) in [6, 6.07) is 5.47. The Morgan fingerprint density at radius 2 is 2.12 bits per heavy atom. The summed E-state index contributed by atoms with van der Waals surface area (Å²) < 4.78 is 0. The van der Waals surface area contributed by atoms with E-state index >= 15 is 0 Å². The number of thioether (sulfide) groups is 1. The summed E-state index contributed by atoms with van der Waals surface area (Å²) in [4.78, 5) is 11.6. The Kier molecular flexibility index (Phi) is 3.89. The second-order valence-corrected chi connectivity index (χ2v) is 5.53. The molecule has 0 aliphatic heterocycles. The van der Waals surface area contributed by atoms with Crippen molar-refractivity contribution in [3.05, 3.63) is 28.3 Å². The van der Waals surface area contributed by atoms with Crippen LogP contribution in [0, 0.1) is 10.1 Å². The number of hydrogen-bond acceptors (Lipinski definition) is 4. The SMILES string of the molecule is CNc1cccc(SC2CCCC2)c1[N+](=O)[O-]. The van der Waals surface area contributed by atoms with Gasteiger partial charge in [0, 0.05) is 12.3 Å². The minimum absolute atomic E-state index is 0.215. The van der Waals surface area contributed by atoms with E-state index in [2.05, 4.69) is 5.32 Å². The van der Waals surface area contributed by atoms with Gasteiger partial charge in [-0.15, -0.1) is 11.8 Å². The first kappa shape index (κ1) is 12.2. The third-order valence-corrected chi connectivity index (χ3v) is 4.43. The zero-order valence-corrected chi connectivity index (χ0v) is 10.6. The molecule has 1 aliphatic rings. The first-order valence-electron chi connectivity index (χ1n) is 5.84. The largest absolute Gasteiger partial charge is 0.383 e. The first-order chi connectivity index (χ1) is 8.22. The summed E-state index contributed by atoms with van der Waals surface area (Å²) in [5, 5.41) is 14.6. The number of rotatable bonds is 4. The highest BCUT2D eigenvalue weighted by molar-refractivity contribution is 8.00. The van der Waals surface area contributed by atoms with Crippen molar-refractivity contribution in [3.8, 4) is 0 Å². The molecule has 17 heavy (non-hydrogen) atoms. The Hall–Kier alpha value is -1.23. The van der Waals surface area contributed by atoms with Gasteiger partial charge in [0.05, 0.1) is 9.82 Å². The summed E-state index contributed by atoms with van der Waals surface area (Å²) in [7, 11) is 1.71. The van der Waals surface area contributed by atoms with E-state index in [9.17, 15) is 10.1 Å². The molecular weight excluding hydrogens is 236 g/mol. The summed E-state index contributed by atoms with van der Waals surface area (Å²) in [6.07, 6.45) is 4.84. The molecule has 1 fully saturated rings. The van der Waals surface area contributed by atoms with Gasteiger partial charge >= 0.3 is 5.69 Å². The lowest BCUT2D eigenvalue weighted by atomic mass is 10.2. The molecule has 5 heteroatoms. The Bertz CT molecular complexity index is 417. The van der Waals surface area contributed by atoms with Gasteiger partial charge in [0.25, 0.3) is 0 Å². The topological polar surface area (TPSA) is 55.2 Å². The van der Waals surface area contributed by atoms with Crippen LogP contribution in [0.1, 0.15) is 25.7 Å². The first-order valence-corrected chi connectivity index (χ1v) is 6.72. The number of hydrogen-bond donors (Lipinski definition) is 1. The summed E-state index contributed by atoms with van der Waals surface area (Å²) in [5.74, 6) is 0. The predicted molar refractivity (Wildman–Crippen MR) is 70.8 cm³/mol. The van der Waals surface area contributed by atoms with Crippen molar-refractivity contribution in [2.24, 2.45) is 0 Å². The van der Waals surface area contributed by atoms with Crippen molar-refractivity contribution in [3.63, 3.8) is 0 Å². The number of benzene rings is 1. The van der Waals surface area contributed by atoms with Gasteiger partial charge in [0.1, 0.15) is 5.69 Å². The van der Waals surface area contributed by atoms with Crippen molar-refractivity contribution in [1.29, 1.82) is 0 Å². The summed E-state index contributed by atoms with van der Waals surface area (Å²) in [5.41, 5.74) is 0.810. The van der Waals surface area contributed by atoms with Crippen LogP contribution in [0.25, 0.3) is 0 Å². The molecule has 1 N–H and O–H groups in total. The number of nitrogens with one attached hydrogen (secondary N) is 1. The van der Waals surface area contributed by atoms with Crippen LogP contribution >= 0.6 is 11.8 Å². The molecule has 1 aromatic carbocycles. The van der Waals surface area contributed by atoms with Crippen molar-refractivity contribution in [2.75, 3.05) is 12.4 Å². The van der Waals surface area contributed by atoms with Crippen LogP contribution in [0.15, 0.2) is 23.1 Å². The molecule has 0 aromatic heterocycles. The molecule has 0 heterocycles. The third-order valence-electron chi connectivity index (χ3n) is 3.05. The Morgan fingerprint density at radius 3 is 2.71 bits per heavy atom. The molecule has 2 rings (SSSR count). The minimum Gasteiger partial charge on any atom is -0.383 e. The maximum atomic E-state index is 11.1. The average Bonchev–Trinajstić information content (AvgIpc) is 2.81. The number of nitro groups is 1. The molecule has 1 saturated carbocycles. The standard InChI is InChI=1S/C12H16N2O2S/c1-13-10-7-4-8-11(12(10)14(15)16)17-9-5-2-3-6-9/h4,7-9,13H,2-3,5-6H2,1H3. The highest BCUT2D eigenvalue weighted by Gasteiger charge is 2.23. The normalized spacial score (nSPS) is 16.1. The molecule has 0 amide bonds. The lowest BCUT2D eigenvalue weighted by Gasteiger charge is -2.11. The van der Waals surface area contributed by atoms with E-state index in [-0.39, 0.29) is 10.6 Å². The minimum atomic E-state index is -0.289. The molecule has 0 spiro atoms. The fraction of sp³-hybridized carbons (Fsp3) is 0.500. The molecule has 0 radical (unpaired) electrons. The average molecular weight is 252 g/mol. The lowest BCUT2D eigenvalue weighted by molar-refractivity contribution is -0.386. The van der Waals surface area contributed by atoms with Crippen LogP contribution in [-0.4, -0.2) is 17.2 Å². The lowest BCUT2D eigenvalue weighted by Crippen LogP contribution is -2.00. The molecule has 0 unspecified atom stereocenters. The summed E-state index contributed by atoms with van der Waals surface area (Å²) >= 11 is 1.65. The smallest absolute Gasteiger partial charge is 0.305 e. The van der Waals surface area contributed by atoms with Gasteiger partial charge in [-0.2, -0.15) is 0 Å². The van der Waals surface area contributed by atoms with Crippen molar-refractivity contribution in [1.82, 2.24) is 0 Å². The second kappa shape index (κ2) is 5.40. The highest BCUT2D eigenvalue weighted by atomic mass is 32.2. The highest BCUT2D eigenvalue weighted by Crippen LogP contribution is 2.41. The zero-order valence-electron chi connectivity index (χ0n) is 9.81. The fourth-order valence-electron chi connectivity index (χ4n) is 2.19. The molecule has 0 bridgehead atoms. The molecule has 1 aromatic rings. The fourth-order valence-corrected chi connectivity index (χ4v) is 3.57. The molecule has 92 valence electrons. The van der Waals surface area contributed by atoms with Crippen LogP contribution in [0.4, 0.5) is 11.4 Å². The van der Waals surface area contributed by atoms with Crippen LogP contribution in [0.5, 0.6) is 0 Å². The van der Waals surface area contributed by atoms with E-state index in [0.29, 0.717) is 10.9 Å². The van der Waals surface area contributed by atoms with Crippen LogP contribution in [-0.2, 0) is 0 Å². The summed E-state index contributed by atoms with van der Waals surface area (Å²) in [6.45, 7) is 0. The zero-order chi connectivity index (χ0) is 12.3. The third kappa shape index (κ3) is 2.72. The van der Waals surface area contributed by atoms with Crippen LogP contribution in [0.3, 0.4) is 0 Å². The number of anilines is 1. The van der Waals surface area contributed by atoms with E-state index in [4.69, 9.17) is 0 Å². The molecule has 0 saturated heterocycles. The van der Waals surface area contributed by atoms with E-state index in [0.717, 1.165) is 4.90 Å². The van der Waals surface area contributed by atoms with Crippen molar-refractivity contribution >= 4 is 23.1 Å². The quantitative estimate of drug-likeness (QED) is 0.656. The number of para-hydroxylation sites is 1. The van der Waals surface area contributed by atoms with Crippen molar-refractivity contribution < 1.29 is 4.92 Å². The van der Waals surface area contributed by atoms with Gasteiger partial charge in [0.2, 0.25) is 0 Å². The monoisotopic (exact) mass is 252 g/mol. The number of nitro benzene ring substituents is 1. The second-order valence-electron chi connectivity index (χ2n) is 4.18. The van der Waals surface area contributed by atoms with E-state index in [1.807, 2.05) is 12.1 Å². The maximum absolute atomic E-state index is 11.1. The number of nitrogens with zero attached hydrogens (tertiary/aromatic N) is 1.